The number of amides is 1. The summed E-state index contributed by atoms with van der Waals surface area (Å²) in [5.74, 6) is -0.565. The molecule has 0 bridgehead atoms. The van der Waals surface area contributed by atoms with Gasteiger partial charge in [-0.15, -0.1) is 0 Å². The second-order valence-corrected chi connectivity index (χ2v) is 10.4. The number of carbonyl (C=O) groups is 1. The van der Waals surface area contributed by atoms with Crippen molar-refractivity contribution in [3.63, 3.8) is 0 Å². The molecule has 1 fully saturated rings. The second kappa shape index (κ2) is 9.35. The summed E-state index contributed by atoms with van der Waals surface area (Å²) in [6.07, 6.45) is -0.653. The Morgan fingerprint density at radius 2 is 1.70 bits per heavy atom. The molecule has 1 amide bonds. The van der Waals surface area contributed by atoms with Gasteiger partial charge in [-0.05, 0) is 12.1 Å². The van der Waals surface area contributed by atoms with Crippen LogP contribution in [0, 0.1) is 0 Å². The van der Waals surface area contributed by atoms with Crippen LogP contribution in [0.4, 0.5) is 18.9 Å². The summed E-state index contributed by atoms with van der Waals surface area (Å²) < 4.78 is 38.8. The van der Waals surface area contributed by atoms with Crippen molar-refractivity contribution >= 4 is 37.4 Å². The third-order valence-electron chi connectivity index (χ3n) is 4.98. The zero-order chi connectivity index (χ0) is 21.9. The van der Waals surface area contributed by atoms with Gasteiger partial charge in [-0.3, -0.25) is 0 Å². The number of nitrogens with one attached hydrogen (secondary N) is 4. The first kappa shape index (κ1) is 22.6. The van der Waals surface area contributed by atoms with Gasteiger partial charge in [0.25, 0.3) is 0 Å². The monoisotopic (exact) mass is 617 g/mol. The first-order chi connectivity index (χ1) is 14.1. The standard InChI is InChI=1S/C19H20F3N4O3.Pb/c20-19(21,22)12-8-6-11(7-9-12)10-23-14-15(25-18(29)26-16(14)27)17(28)24-13-4-2-1-3-5-13;/h1,6-9,13,23H,2-5,10H2,(H,24,28)(H2,25,26,27,29);. The number of anilines is 1. The van der Waals surface area contributed by atoms with Crippen LogP contribution in [-0.2, 0) is 12.7 Å². The average molecular weight is 617 g/mol. The van der Waals surface area contributed by atoms with E-state index in [1.165, 1.54) is 12.1 Å². The summed E-state index contributed by atoms with van der Waals surface area (Å²) in [6, 6.07) is 4.42. The molecule has 7 nitrogen and oxygen atoms in total. The van der Waals surface area contributed by atoms with Crippen molar-refractivity contribution in [3.8, 4) is 0 Å². The molecule has 1 aliphatic carbocycles. The van der Waals surface area contributed by atoms with E-state index < -0.39 is 28.9 Å². The van der Waals surface area contributed by atoms with Crippen molar-refractivity contribution in [3.05, 3.63) is 61.9 Å². The molecule has 1 heterocycles. The molecule has 159 valence electrons. The van der Waals surface area contributed by atoms with E-state index in [9.17, 15) is 27.6 Å². The Morgan fingerprint density at radius 1 is 1.07 bits per heavy atom. The molecule has 0 atom stereocenters. The van der Waals surface area contributed by atoms with E-state index in [0.717, 1.165) is 67.1 Å². The average Bonchev–Trinajstić information content (AvgIpc) is 2.68. The molecule has 30 heavy (non-hydrogen) atoms. The van der Waals surface area contributed by atoms with Crippen molar-refractivity contribution in [2.24, 2.45) is 0 Å². The number of rotatable bonds is 5. The third-order valence-corrected chi connectivity index (χ3v) is 7.23. The molecule has 0 aliphatic heterocycles. The fourth-order valence-electron chi connectivity index (χ4n) is 3.32. The van der Waals surface area contributed by atoms with Crippen LogP contribution in [0.2, 0.25) is 3.48 Å². The Hall–Kier alpha value is -2.12. The van der Waals surface area contributed by atoms with Crippen LogP contribution in [0.25, 0.3) is 0 Å². The summed E-state index contributed by atoms with van der Waals surface area (Å²) in [5.41, 5.74) is -2.22. The van der Waals surface area contributed by atoms with Gasteiger partial charge >= 0.3 is 155 Å². The third kappa shape index (κ3) is 5.73. The molecule has 4 N–H and O–H groups in total. The van der Waals surface area contributed by atoms with Gasteiger partial charge < -0.3 is 0 Å². The molecular weight excluding hydrogens is 596 g/mol. The number of aromatic nitrogens is 2. The molecule has 1 aromatic carbocycles. The fraction of sp³-hybridized carbons (Fsp3) is 0.421. The van der Waals surface area contributed by atoms with E-state index in [2.05, 4.69) is 20.6 Å². The number of aromatic amines is 2. The van der Waals surface area contributed by atoms with Crippen LogP contribution < -0.4 is 21.9 Å². The van der Waals surface area contributed by atoms with Crippen LogP contribution in [-0.4, -0.2) is 47.7 Å². The summed E-state index contributed by atoms with van der Waals surface area (Å²) in [5, 5.41) is 5.62. The van der Waals surface area contributed by atoms with E-state index >= 15 is 0 Å². The van der Waals surface area contributed by atoms with Gasteiger partial charge in [0.1, 0.15) is 0 Å². The molecule has 1 aliphatic rings. The summed E-state index contributed by atoms with van der Waals surface area (Å²) >= 11 is 1.12. The number of hydrogen-bond acceptors (Lipinski definition) is 4. The minimum atomic E-state index is -4.44. The van der Waals surface area contributed by atoms with Gasteiger partial charge in [0, 0.05) is 0 Å². The Kier molecular flexibility index (Phi) is 7.03. The molecule has 2 aromatic rings. The van der Waals surface area contributed by atoms with E-state index in [4.69, 9.17) is 0 Å². The van der Waals surface area contributed by atoms with Gasteiger partial charge in [-0.2, -0.15) is 13.2 Å². The molecule has 3 radical (unpaired) electrons. The predicted octanol–water partition coefficient (Wildman–Crippen LogP) is 2.32. The maximum atomic E-state index is 12.7. The Labute approximate surface area is 185 Å². The van der Waals surface area contributed by atoms with E-state index in [1.54, 1.807) is 0 Å². The number of benzene rings is 1. The minimum absolute atomic E-state index is 0.000881. The van der Waals surface area contributed by atoms with Crippen molar-refractivity contribution in [2.75, 3.05) is 5.32 Å². The van der Waals surface area contributed by atoms with E-state index in [-0.39, 0.29) is 24.0 Å². The van der Waals surface area contributed by atoms with Crippen LogP contribution in [0.15, 0.2) is 33.9 Å². The summed E-state index contributed by atoms with van der Waals surface area (Å²) in [6.45, 7) is -0.000881. The van der Waals surface area contributed by atoms with Crippen LogP contribution in [0.5, 0.6) is 0 Å². The number of carbonyl (C=O) groups excluding carboxylic acids is 1. The molecule has 0 unspecified atom stereocenters. The summed E-state index contributed by atoms with van der Waals surface area (Å²) in [4.78, 5) is 41.0. The minimum Gasteiger partial charge on any atom is -0.166 e. The van der Waals surface area contributed by atoms with Crippen LogP contribution in [0.1, 0.15) is 47.3 Å². The topological polar surface area (TPSA) is 107 Å². The Balaban J connectivity index is 1.75. The Morgan fingerprint density at radius 3 is 2.30 bits per heavy atom. The van der Waals surface area contributed by atoms with Crippen molar-refractivity contribution in [1.82, 2.24) is 15.3 Å². The second-order valence-electron chi connectivity index (χ2n) is 7.23. The zero-order valence-corrected chi connectivity index (χ0v) is 19.7. The molecule has 0 spiro atoms. The number of H-pyrrole nitrogens is 2. The summed E-state index contributed by atoms with van der Waals surface area (Å²) in [7, 11) is 0. The van der Waals surface area contributed by atoms with Gasteiger partial charge in [0.15, 0.2) is 0 Å². The van der Waals surface area contributed by atoms with Gasteiger partial charge in [0.2, 0.25) is 0 Å². The van der Waals surface area contributed by atoms with E-state index in [0.29, 0.717) is 5.56 Å². The normalized spacial score (nSPS) is 19.3. The fourth-order valence-corrected chi connectivity index (χ4v) is 4.62. The van der Waals surface area contributed by atoms with Gasteiger partial charge in [0.05, 0.1) is 5.56 Å². The van der Waals surface area contributed by atoms with Gasteiger partial charge in [-0.25, -0.2) is 0 Å². The first-order valence-corrected chi connectivity index (χ1v) is 11.7. The quantitative estimate of drug-likeness (QED) is 0.387. The zero-order valence-electron chi connectivity index (χ0n) is 15.9. The number of alkyl halides is 3. The Bertz CT molecular complexity index is 1010. The van der Waals surface area contributed by atoms with Crippen LogP contribution in [0.3, 0.4) is 0 Å². The van der Waals surface area contributed by atoms with E-state index in [1.807, 2.05) is 0 Å². The smallest absolute Gasteiger partial charge is 0.166 e. The molecule has 11 heteroatoms. The maximum absolute atomic E-state index is 12.7. The first-order valence-electron chi connectivity index (χ1n) is 9.42. The van der Waals surface area contributed by atoms with Crippen molar-refractivity contribution < 1.29 is 18.0 Å². The number of halogens is 3. The molecule has 0 saturated heterocycles. The predicted molar refractivity (Wildman–Crippen MR) is 106 cm³/mol. The SMILES string of the molecule is O=C(NC1CC[CH]([Pb])CC1)c1[nH]c(=O)[nH]c(=O)c1NCc1ccc(C(F)(F)F)cc1. The van der Waals surface area contributed by atoms with Crippen molar-refractivity contribution in [2.45, 2.75) is 47.9 Å². The molecule has 3 rings (SSSR count). The molecule has 1 saturated carbocycles. The van der Waals surface area contributed by atoms with Crippen molar-refractivity contribution in [1.29, 1.82) is 0 Å². The van der Waals surface area contributed by atoms with Crippen LogP contribution >= 0.6 is 0 Å². The molecule has 1 aromatic heterocycles. The van der Waals surface area contributed by atoms with Gasteiger partial charge in [-0.1, -0.05) is 0 Å². The number of hydrogen-bond donors (Lipinski definition) is 4. The molecular formula is C19H20F3N4O3Pb.